The molecule has 0 N–H and O–H groups in total. The molecular weight excluding hydrogens is 268 g/mol. The third-order valence-corrected chi connectivity index (χ3v) is 4.69. The maximum Gasteiger partial charge on any atom is 0.0701 e. The summed E-state index contributed by atoms with van der Waals surface area (Å²) in [5.41, 5.74) is 0. The van der Waals surface area contributed by atoms with Crippen LogP contribution in [0, 0.1) is 5.92 Å². The molecule has 1 aromatic rings. The molecule has 1 aliphatic rings. The molecule has 1 saturated carbocycles. The Hall–Kier alpha value is 0.470. The van der Waals surface area contributed by atoms with Gasteiger partial charge in [0.1, 0.15) is 0 Å². The fourth-order valence-electron chi connectivity index (χ4n) is 1.46. The summed E-state index contributed by atoms with van der Waals surface area (Å²) in [6.45, 7) is 0. The standard InChI is InChI=1S/C10H12BrClS/c11-10-6-4-8(13-10)3-5-9(12)7-1-2-7/h4,6-7,9H,1-3,5H2. The molecule has 0 amide bonds. The molecule has 1 aliphatic carbocycles. The van der Waals surface area contributed by atoms with E-state index in [0.717, 1.165) is 18.8 Å². The molecule has 0 aromatic carbocycles. The molecule has 1 fully saturated rings. The van der Waals surface area contributed by atoms with E-state index in [1.807, 2.05) is 11.3 Å². The minimum atomic E-state index is 0.417. The summed E-state index contributed by atoms with van der Waals surface area (Å²) in [6, 6.07) is 4.30. The Kier molecular flexibility index (Phi) is 3.33. The zero-order valence-electron chi connectivity index (χ0n) is 7.30. The van der Waals surface area contributed by atoms with Gasteiger partial charge in [0.05, 0.1) is 3.79 Å². The molecule has 1 aromatic heterocycles. The Balaban J connectivity index is 1.78. The van der Waals surface area contributed by atoms with E-state index >= 15 is 0 Å². The van der Waals surface area contributed by atoms with Crippen molar-refractivity contribution in [2.75, 3.05) is 0 Å². The molecule has 0 saturated heterocycles. The van der Waals surface area contributed by atoms with Crippen molar-refractivity contribution >= 4 is 38.9 Å². The Labute approximate surface area is 96.4 Å². The first-order chi connectivity index (χ1) is 6.25. The second-order valence-corrected chi connectivity index (χ2v) is 6.71. The van der Waals surface area contributed by atoms with E-state index < -0.39 is 0 Å². The SMILES string of the molecule is ClC(CCc1ccc(Br)s1)C1CC1. The lowest BCUT2D eigenvalue weighted by Gasteiger charge is -2.05. The van der Waals surface area contributed by atoms with Crippen LogP contribution in [0.3, 0.4) is 0 Å². The summed E-state index contributed by atoms with van der Waals surface area (Å²) in [4.78, 5) is 1.44. The van der Waals surface area contributed by atoms with Crippen LogP contribution in [0.5, 0.6) is 0 Å². The van der Waals surface area contributed by atoms with Gasteiger partial charge in [-0.15, -0.1) is 22.9 Å². The number of hydrogen-bond donors (Lipinski definition) is 0. The highest BCUT2D eigenvalue weighted by molar-refractivity contribution is 9.11. The molecule has 1 atom stereocenters. The molecule has 0 nitrogen and oxygen atoms in total. The Morgan fingerprint density at radius 1 is 1.54 bits per heavy atom. The second-order valence-electron chi connectivity index (χ2n) is 3.60. The smallest absolute Gasteiger partial charge is 0.0701 e. The van der Waals surface area contributed by atoms with Crippen molar-refractivity contribution in [1.29, 1.82) is 0 Å². The molecule has 0 radical (unpaired) electrons. The highest BCUT2D eigenvalue weighted by atomic mass is 79.9. The van der Waals surface area contributed by atoms with Gasteiger partial charge in [0, 0.05) is 10.3 Å². The van der Waals surface area contributed by atoms with Crippen LogP contribution in [-0.2, 0) is 6.42 Å². The average molecular weight is 280 g/mol. The van der Waals surface area contributed by atoms with E-state index in [-0.39, 0.29) is 0 Å². The van der Waals surface area contributed by atoms with E-state index in [0.29, 0.717) is 5.38 Å². The summed E-state index contributed by atoms with van der Waals surface area (Å²) < 4.78 is 1.22. The van der Waals surface area contributed by atoms with Crippen molar-refractivity contribution in [3.63, 3.8) is 0 Å². The minimum absolute atomic E-state index is 0.417. The second kappa shape index (κ2) is 4.33. The maximum absolute atomic E-state index is 6.23. The van der Waals surface area contributed by atoms with Gasteiger partial charge in [0.25, 0.3) is 0 Å². The maximum atomic E-state index is 6.23. The van der Waals surface area contributed by atoms with Gasteiger partial charge in [-0.25, -0.2) is 0 Å². The number of rotatable bonds is 4. The van der Waals surface area contributed by atoms with Gasteiger partial charge in [-0.1, -0.05) is 0 Å². The summed E-state index contributed by atoms with van der Waals surface area (Å²) in [5, 5.41) is 0.417. The van der Waals surface area contributed by atoms with E-state index in [1.54, 1.807) is 0 Å². The summed E-state index contributed by atoms with van der Waals surface area (Å²) in [5.74, 6) is 0.824. The van der Waals surface area contributed by atoms with Crippen LogP contribution in [-0.4, -0.2) is 5.38 Å². The summed E-state index contributed by atoms with van der Waals surface area (Å²) in [7, 11) is 0. The molecule has 72 valence electrons. The largest absolute Gasteiger partial charge is 0.133 e. The summed E-state index contributed by atoms with van der Waals surface area (Å²) in [6.07, 6.45) is 4.98. The van der Waals surface area contributed by atoms with Gasteiger partial charge >= 0.3 is 0 Å². The molecule has 3 heteroatoms. The van der Waals surface area contributed by atoms with Crippen molar-refractivity contribution in [1.82, 2.24) is 0 Å². The van der Waals surface area contributed by atoms with E-state index in [9.17, 15) is 0 Å². The fraction of sp³-hybridized carbons (Fsp3) is 0.600. The lowest BCUT2D eigenvalue weighted by atomic mass is 10.1. The number of halogens is 2. The summed E-state index contributed by atoms with van der Waals surface area (Å²) >= 11 is 11.5. The predicted molar refractivity (Wildman–Crippen MR) is 62.7 cm³/mol. The fourth-order valence-corrected chi connectivity index (χ4v) is 3.32. The van der Waals surface area contributed by atoms with Crippen molar-refractivity contribution in [3.05, 3.63) is 20.8 Å². The third-order valence-electron chi connectivity index (χ3n) is 2.43. The molecule has 0 aliphatic heterocycles. The third kappa shape index (κ3) is 2.97. The first-order valence-electron chi connectivity index (χ1n) is 4.64. The molecule has 1 heterocycles. The lowest BCUT2D eigenvalue weighted by Crippen LogP contribution is -2.01. The molecule has 13 heavy (non-hydrogen) atoms. The monoisotopic (exact) mass is 278 g/mol. The molecule has 0 spiro atoms. The van der Waals surface area contributed by atoms with Gasteiger partial charge in [-0.2, -0.15) is 0 Å². The number of aryl methyl sites for hydroxylation is 1. The van der Waals surface area contributed by atoms with Gasteiger partial charge in [0.2, 0.25) is 0 Å². The van der Waals surface area contributed by atoms with Crippen LogP contribution in [0.15, 0.2) is 15.9 Å². The van der Waals surface area contributed by atoms with Crippen LogP contribution in [0.25, 0.3) is 0 Å². The topological polar surface area (TPSA) is 0 Å². The lowest BCUT2D eigenvalue weighted by molar-refractivity contribution is 0.680. The van der Waals surface area contributed by atoms with Crippen molar-refractivity contribution in [3.8, 4) is 0 Å². The van der Waals surface area contributed by atoms with E-state index in [1.165, 1.54) is 21.5 Å². The Bertz CT molecular complexity index is 280. The van der Waals surface area contributed by atoms with Crippen molar-refractivity contribution in [2.24, 2.45) is 5.92 Å². The first-order valence-corrected chi connectivity index (χ1v) is 6.68. The Morgan fingerprint density at radius 2 is 2.31 bits per heavy atom. The van der Waals surface area contributed by atoms with Crippen LogP contribution in [0.4, 0.5) is 0 Å². The zero-order valence-corrected chi connectivity index (χ0v) is 10.5. The number of thiophene rings is 1. The van der Waals surface area contributed by atoms with Gasteiger partial charge < -0.3 is 0 Å². The Morgan fingerprint density at radius 3 is 2.85 bits per heavy atom. The average Bonchev–Trinajstić information content (AvgIpc) is 2.87. The molecular formula is C10H12BrClS. The molecule has 1 unspecified atom stereocenters. The quantitative estimate of drug-likeness (QED) is 0.714. The van der Waals surface area contributed by atoms with Gasteiger partial charge in [-0.3, -0.25) is 0 Å². The van der Waals surface area contributed by atoms with E-state index in [4.69, 9.17) is 11.6 Å². The van der Waals surface area contributed by atoms with Crippen LogP contribution in [0.2, 0.25) is 0 Å². The zero-order chi connectivity index (χ0) is 9.26. The van der Waals surface area contributed by atoms with Crippen LogP contribution >= 0.6 is 38.9 Å². The van der Waals surface area contributed by atoms with E-state index in [2.05, 4.69) is 28.1 Å². The van der Waals surface area contributed by atoms with Crippen LogP contribution in [0.1, 0.15) is 24.1 Å². The highest BCUT2D eigenvalue weighted by Gasteiger charge is 2.29. The van der Waals surface area contributed by atoms with Gasteiger partial charge in [-0.05, 0) is 59.7 Å². The first kappa shape index (κ1) is 10.0. The normalized spacial score (nSPS) is 18.9. The number of hydrogen-bond acceptors (Lipinski definition) is 1. The predicted octanol–water partition coefficient (Wildman–Crippen LogP) is 4.46. The molecule has 0 bridgehead atoms. The highest BCUT2D eigenvalue weighted by Crippen LogP contribution is 2.38. The van der Waals surface area contributed by atoms with Gasteiger partial charge in [0.15, 0.2) is 0 Å². The minimum Gasteiger partial charge on any atom is -0.133 e. The molecule has 2 rings (SSSR count). The van der Waals surface area contributed by atoms with Crippen molar-refractivity contribution in [2.45, 2.75) is 31.1 Å². The van der Waals surface area contributed by atoms with Crippen molar-refractivity contribution < 1.29 is 0 Å². The number of alkyl halides is 1. The van der Waals surface area contributed by atoms with Crippen LogP contribution < -0.4 is 0 Å².